The summed E-state index contributed by atoms with van der Waals surface area (Å²) >= 11 is 0. The molecule has 0 heterocycles. The zero-order valence-electron chi connectivity index (χ0n) is 10.3. The minimum atomic E-state index is -0.468. The van der Waals surface area contributed by atoms with Gasteiger partial charge in [-0.15, -0.1) is 0 Å². The van der Waals surface area contributed by atoms with Crippen LogP contribution in [0.15, 0.2) is 24.3 Å². The van der Waals surface area contributed by atoms with Gasteiger partial charge in [0.15, 0.2) is 6.10 Å². The van der Waals surface area contributed by atoms with Crippen molar-refractivity contribution in [2.75, 3.05) is 0 Å². The summed E-state index contributed by atoms with van der Waals surface area (Å²) in [5, 5.41) is 2.81. The second kappa shape index (κ2) is 5.54. The lowest BCUT2D eigenvalue weighted by Crippen LogP contribution is -2.40. The van der Waals surface area contributed by atoms with E-state index in [9.17, 15) is 4.79 Å². The van der Waals surface area contributed by atoms with Crippen molar-refractivity contribution < 1.29 is 9.53 Å². The fraction of sp³-hybridized carbons (Fsp3) is 0.462. The molecule has 3 nitrogen and oxygen atoms in total. The molecule has 1 rings (SSSR count). The van der Waals surface area contributed by atoms with Gasteiger partial charge >= 0.3 is 0 Å². The van der Waals surface area contributed by atoms with Crippen LogP contribution >= 0.6 is 0 Å². The minimum absolute atomic E-state index is 0.0866. The lowest BCUT2D eigenvalue weighted by molar-refractivity contribution is -0.127. The minimum Gasteiger partial charge on any atom is -0.481 e. The van der Waals surface area contributed by atoms with Crippen LogP contribution in [0.25, 0.3) is 0 Å². The van der Waals surface area contributed by atoms with Crippen molar-refractivity contribution in [2.45, 2.75) is 39.8 Å². The van der Waals surface area contributed by atoms with Crippen LogP contribution in [0, 0.1) is 6.92 Å². The molecule has 0 aliphatic heterocycles. The summed E-state index contributed by atoms with van der Waals surface area (Å²) in [6.07, 6.45) is -0.468. The van der Waals surface area contributed by atoms with E-state index in [1.165, 1.54) is 0 Å². The van der Waals surface area contributed by atoms with Crippen molar-refractivity contribution in [2.24, 2.45) is 0 Å². The highest BCUT2D eigenvalue weighted by atomic mass is 16.5. The van der Waals surface area contributed by atoms with Crippen LogP contribution in [0.4, 0.5) is 0 Å². The molecule has 0 aliphatic rings. The molecule has 3 heteroatoms. The third-order valence-corrected chi connectivity index (χ3v) is 2.10. The molecule has 16 heavy (non-hydrogen) atoms. The fourth-order valence-electron chi connectivity index (χ4n) is 1.35. The first-order chi connectivity index (χ1) is 7.49. The van der Waals surface area contributed by atoms with Gasteiger partial charge in [0.25, 0.3) is 5.91 Å². The van der Waals surface area contributed by atoms with E-state index < -0.39 is 6.10 Å². The molecule has 1 amide bonds. The quantitative estimate of drug-likeness (QED) is 0.847. The van der Waals surface area contributed by atoms with E-state index in [1.54, 1.807) is 6.92 Å². The normalized spacial score (nSPS) is 12.3. The molecule has 0 radical (unpaired) electrons. The average molecular weight is 221 g/mol. The van der Waals surface area contributed by atoms with Crippen LogP contribution in [0.5, 0.6) is 5.75 Å². The van der Waals surface area contributed by atoms with Gasteiger partial charge in [0.05, 0.1) is 0 Å². The number of benzene rings is 1. The van der Waals surface area contributed by atoms with E-state index in [0.717, 1.165) is 11.3 Å². The molecule has 1 aromatic carbocycles. The number of ether oxygens (including phenoxy) is 1. The maximum atomic E-state index is 11.6. The average Bonchev–Trinajstić information content (AvgIpc) is 2.16. The van der Waals surface area contributed by atoms with Crippen molar-refractivity contribution in [3.8, 4) is 5.75 Å². The molecule has 0 saturated heterocycles. The Bertz CT molecular complexity index is 361. The Balaban J connectivity index is 2.57. The van der Waals surface area contributed by atoms with Crippen LogP contribution in [-0.2, 0) is 4.79 Å². The van der Waals surface area contributed by atoms with Gasteiger partial charge in [-0.1, -0.05) is 12.1 Å². The molecule has 1 N–H and O–H groups in total. The van der Waals surface area contributed by atoms with E-state index in [1.807, 2.05) is 45.0 Å². The molecule has 0 bridgehead atoms. The van der Waals surface area contributed by atoms with Crippen LogP contribution in [0.2, 0.25) is 0 Å². The number of rotatable bonds is 4. The predicted molar refractivity (Wildman–Crippen MR) is 64.5 cm³/mol. The Labute approximate surface area is 96.8 Å². The first kappa shape index (κ1) is 12.6. The van der Waals surface area contributed by atoms with E-state index in [2.05, 4.69) is 5.32 Å². The molecule has 0 unspecified atom stereocenters. The summed E-state index contributed by atoms with van der Waals surface area (Å²) in [5.74, 6) is 0.642. The number of nitrogens with one attached hydrogen (secondary N) is 1. The van der Waals surface area contributed by atoms with Crippen LogP contribution in [-0.4, -0.2) is 18.1 Å². The molecule has 0 aliphatic carbocycles. The van der Waals surface area contributed by atoms with Crippen molar-refractivity contribution in [1.29, 1.82) is 0 Å². The molecule has 0 fully saturated rings. The molecule has 0 saturated carbocycles. The molecule has 1 aromatic rings. The van der Waals surface area contributed by atoms with Crippen molar-refractivity contribution >= 4 is 5.91 Å². The second-order valence-corrected chi connectivity index (χ2v) is 4.24. The van der Waals surface area contributed by atoms with E-state index in [4.69, 9.17) is 4.74 Å². The van der Waals surface area contributed by atoms with Crippen molar-refractivity contribution in [3.63, 3.8) is 0 Å². The highest BCUT2D eigenvalue weighted by Gasteiger charge is 2.14. The Morgan fingerprint density at radius 3 is 2.56 bits per heavy atom. The SMILES string of the molecule is Cc1cccc(O[C@@H](C)C(=O)NC(C)C)c1. The number of hydrogen-bond donors (Lipinski definition) is 1. The van der Waals surface area contributed by atoms with E-state index in [0.29, 0.717) is 0 Å². The number of carbonyl (C=O) groups excluding carboxylic acids is 1. The number of aryl methyl sites for hydroxylation is 1. The molecular formula is C13H19NO2. The predicted octanol–water partition coefficient (Wildman–Crippen LogP) is 2.29. The first-order valence-electron chi connectivity index (χ1n) is 5.52. The Morgan fingerprint density at radius 2 is 2.00 bits per heavy atom. The maximum Gasteiger partial charge on any atom is 0.260 e. The Kier molecular flexibility index (Phi) is 4.35. The molecular weight excluding hydrogens is 202 g/mol. The van der Waals surface area contributed by atoms with Gasteiger partial charge in [-0.05, 0) is 45.4 Å². The first-order valence-corrected chi connectivity index (χ1v) is 5.52. The highest BCUT2D eigenvalue weighted by Crippen LogP contribution is 2.14. The number of amides is 1. The molecule has 88 valence electrons. The molecule has 0 aromatic heterocycles. The number of carbonyl (C=O) groups is 1. The lowest BCUT2D eigenvalue weighted by Gasteiger charge is -2.16. The lowest BCUT2D eigenvalue weighted by atomic mass is 10.2. The van der Waals surface area contributed by atoms with Crippen LogP contribution in [0.1, 0.15) is 26.3 Å². The third-order valence-electron chi connectivity index (χ3n) is 2.10. The zero-order chi connectivity index (χ0) is 12.1. The standard InChI is InChI=1S/C13H19NO2/c1-9(2)14-13(15)11(4)16-12-7-5-6-10(3)8-12/h5-9,11H,1-4H3,(H,14,15)/t11-/m0/s1. The Hall–Kier alpha value is -1.51. The monoisotopic (exact) mass is 221 g/mol. The summed E-state index contributed by atoms with van der Waals surface area (Å²) in [7, 11) is 0. The second-order valence-electron chi connectivity index (χ2n) is 4.24. The summed E-state index contributed by atoms with van der Waals surface area (Å²) in [5.41, 5.74) is 1.12. The van der Waals surface area contributed by atoms with Gasteiger partial charge in [-0.25, -0.2) is 0 Å². The van der Waals surface area contributed by atoms with Gasteiger partial charge in [0, 0.05) is 6.04 Å². The van der Waals surface area contributed by atoms with E-state index >= 15 is 0 Å². The number of hydrogen-bond acceptors (Lipinski definition) is 2. The Morgan fingerprint density at radius 1 is 1.31 bits per heavy atom. The van der Waals surface area contributed by atoms with Gasteiger partial charge in [-0.2, -0.15) is 0 Å². The fourth-order valence-corrected chi connectivity index (χ4v) is 1.35. The largest absolute Gasteiger partial charge is 0.481 e. The third kappa shape index (κ3) is 3.93. The highest BCUT2D eigenvalue weighted by molar-refractivity contribution is 5.80. The summed E-state index contributed by atoms with van der Waals surface area (Å²) in [6, 6.07) is 7.81. The zero-order valence-corrected chi connectivity index (χ0v) is 10.3. The summed E-state index contributed by atoms with van der Waals surface area (Å²) in [6.45, 7) is 7.60. The topological polar surface area (TPSA) is 38.3 Å². The van der Waals surface area contributed by atoms with E-state index in [-0.39, 0.29) is 11.9 Å². The van der Waals surface area contributed by atoms with Crippen molar-refractivity contribution in [1.82, 2.24) is 5.32 Å². The van der Waals surface area contributed by atoms with Crippen LogP contribution in [0.3, 0.4) is 0 Å². The van der Waals surface area contributed by atoms with Crippen LogP contribution < -0.4 is 10.1 Å². The van der Waals surface area contributed by atoms with Gasteiger partial charge < -0.3 is 10.1 Å². The van der Waals surface area contributed by atoms with Gasteiger partial charge in [0.2, 0.25) is 0 Å². The molecule has 1 atom stereocenters. The van der Waals surface area contributed by atoms with Gasteiger partial charge in [0.1, 0.15) is 5.75 Å². The van der Waals surface area contributed by atoms with Gasteiger partial charge in [-0.3, -0.25) is 4.79 Å². The molecule has 0 spiro atoms. The summed E-state index contributed by atoms with van der Waals surface area (Å²) < 4.78 is 5.55. The smallest absolute Gasteiger partial charge is 0.260 e. The maximum absolute atomic E-state index is 11.6. The van der Waals surface area contributed by atoms with Crippen molar-refractivity contribution in [3.05, 3.63) is 29.8 Å². The summed E-state index contributed by atoms with van der Waals surface area (Å²) in [4.78, 5) is 11.6.